The minimum absolute atomic E-state index is 0.599. The van der Waals surface area contributed by atoms with Gasteiger partial charge in [0, 0.05) is 11.6 Å². The Hall–Kier alpha value is -0.0400. The van der Waals surface area contributed by atoms with Crippen LogP contribution in [0.2, 0.25) is 0 Å². The van der Waals surface area contributed by atoms with Gasteiger partial charge in [-0.15, -0.1) is 0 Å². The van der Waals surface area contributed by atoms with Crippen LogP contribution in [-0.4, -0.2) is 23.0 Å². The minimum atomic E-state index is 0.599. The molecule has 1 aliphatic heterocycles. The van der Waals surface area contributed by atoms with Crippen LogP contribution in [0.15, 0.2) is 0 Å². The Balaban J connectivity index is 0.000000531. The van der Waals surface area contributed by atoms with Gasteiger partial charge in [-0.1, -0.05) is 27.7 Å². The molecule has 2 fully saturated rings. The molecule has 0 radical (unpaired) electrons. The topological polar surface area (TPSA) is 3.24 Å². The van der Waals surface area contributed by atoms with Gasteiger partial charge in [0.1, 0.15) is 0 Å². The summed E-state index contributed by atoms with van der Waals surface area (Å²) in [5.41, 5.74) is 1.23. The fraction of sp³-hybridized carbons (Fsp3) is 1.00. The van der Waals surface area contributed by atoms with E-state index in [0.717, 1.165) is 6.04 Å². The summed E-state index contributed by atoms with van der Waals surface area (Å²) in [6.45, 7) is 14.9. The van der Waals surface area contributed by atoms with Crippen molar-refractivity contribution in [2.24, 2.45) is 5.41 Å². The molecule has 0 bridgehead atoms. The highest BCUT2D eigenvalue weighted by molar-refractivity contribution is 5.09. The molecule has 0 unspecified atom stereocenters. The molecule has 90 valence electrons. The van der Waals surface area contributed by atoms with Crippen molar-refractivity contribution in [1.29, 1.82) is 0 Å². The van der Waals surface area contributed by atoms with Gasteiger partial charge in [-0.05, 0) is 51.5 Å². The van der Waals surface area contributed by atoms with Crippen molar-refractivity contribution in [1.82, 2.24) is 4.90 Å². The Kier molecular flexibility index (Phi) is 3.86. The number of piperidine rings is 1. The molecule has 1 saturated carbocycles. The van der Waals surface area contributed by atoms with Gasteiger partial charge in [0.15, 0.2) is 0 Å². The lowest BCUT2D eigenvalue weighted by molar-refractivity contribution is 0.0310. The molecule has 1 spiro atoms. The molecule has 0 aromatic rings. The van der Waals surface area contributed by atoms with Crippen LogP contribution in [0.25, 0.3) is 0 Å². The summed E-state index contributed by atoms with van der Waals surface area (Å²) in [7, 11) is 0. The first kappa shape index (κ1) is 13.0. The first-order chi connectivity index (χ1) is 6.95. The van der Waals surface area contributed by atoms with Gasteiger partial charge in [0.25, 0.3) is 0 Å². The molecule has 0 aromatic heterocycles. The molecule has 0 aromatic carbocycles. The summed E-state index contributed by atoms with van der Waals surface area (Å²) in [6.07, 6.45) is 5.72. The Bertz CT molecular complexity index is 201. The summed E-state index contributed by atoms with van der Waals surface area (Å²) in [4.78, 5) is 2.75. The summed E-state index contributed by atoms with van der Waals surface area (Å²) in [5, 5.41) is 0. The lowest BCUT2D eigenvalue weighted by Crippen LogP contribution is -2.50. The molecule has 1 saturated heterocycles. The number of nitrogens with zero attached hydrogens (tertiary/aromatic N) is 1. The van der Waals surface area contributed by atoms with Gasteiger partial charge in [-0.25, -0.2) is 0 Å². The second-order valence-corrected chi connectivity index (χ2v) is 6.10. The third kappa shape index (κ3) is 2.75. The molecular formula is C14H29N. The van der Waals surface area contributed by atoms with Crippen molar-refractivity contribution >= 4 is 0 Å². The minimum Gasteiger partial charge on any atom is -0.295 e. The number of hydrogen-bond donors (Lipinski definition) is 0. The fourth-order valence-electron chi connectivity index (χ4n) is 3.16. The van der Waals surface area contributed by atoms with Crippen molar-refractivity contribution in [3.63, 3.8) is 0 Å². The van der Waals surface area contributed by atoms with Gasteiger partial charge in [0.2, 0.25) is 0 Å². The SMILES string of the molecule is CC.CC(C)N1CCC(C)(C)CC12CC2. The second kappa shape index (κ2) is 4.45. The highest BCUT2D eigenvalue weighted by Crippen LogP contribution is 2.54. The zero-order valence-corrected chi connectivity index (χ0v) is 11.6. The maximum absolute atomic E-state index is 2.75. The molecular weight excluding hydrogens is 182 g/mol. The van der Waals surface area contributed by atoms with E-state index in [9.17, 15) is 0 Å². The maximum Gasteiger partial charge on any atom is 0.0218 e. The number of likely N-dealkylation sites (tertiary alicyclic amines) is 1. The van der Waals surface area contributed by atoms with E-state index in [1.165, 1.54) is 32.2 Å². The smallest absolute Gasteiger partial charge is 0.0218 e. The Morgan fingerprint density at radius 2 is 1.53 bits per heavy atom. The number of rotatable bonds is 1. The van der Waals surface area contributed by atoms with E-state index in [0.29, 0.717) is 11.0 Å². The quantitative estimate of drug-likeness (QED) is 0.632. The van der Waals surface area contributed by atoms with Gasteiger partial charge >= 0.3 is 0 Å². The molecule has 0 atom stereocenters. The average molecular weight is 211 g/mol. The van der Waals surface area contributed by atoms with E-state index in [4.69, 9.17) is 0 Å². The van der Waals surface area contributed by atoms with Crippen molar-refractivity contribution in [3.8, 4) is 0 Å². The molecule has 2 aliphatic rings. The van der Waals surface area contributed by atoms with Crippen LogP contribution in [0.5, 0.6) is 0 Å². The molecule has 0 amide bonds. The third-order valence-corrected chi connectivity index (χ3v) is 3.90. The summed E-state index contributed by atoms with van der Waals surface area (Å²) in [5.74, 6) is 0. The van der Waals surface area contributed by atoms with Crippen molar-refractivity contribution in [3.05, 3.63) is 0 Å². The predicted molar refractivity (Wildman–Crippen MR) is 68.2 cm³/mol. The van der Waals surface area contributed by atoms with E-state index in [1.807, 2.05) is 13.8 Å². The first-order valence-corrected chi connectivity index (χ1v) is 6.72. The standard InChI is InChI=1S/C12H23N.C2H6/c1-10(2)13-8-7-11(3,4)9-12(13)5-6-12;1-2/h10H,5-9H2,1-4H3;1-2H3. The van der Waals surface area contributed by atoms with Gasteiger partial charge in [-0.3, -0.25) is 4.90 Å². The maximum atomic E-state index is 2.75. The highest BCUT2D eigenvalue weighted by Gasteiger charge is 2.53. The van der Waals surface area contributed by atoms with Gasteiger partial charge in [0.05, 0.1) is 0 Å². The lowest BCUT2D eigenvalue weighted by Gasteiger charge is -2.46. The molecule has 15 heavy (non-hydrogen) atoms. The van der Waals surface area contributed by atoms with Gasteiger partial charge < -0.3 is 0 Å². The van der Waals surface area contributed by atoms with Gasteiger partial charge in [-0.2, -0.15) is 0 Å². The molecule has 2 rings (SSSR count). The van der Waals surface area contributed by atoms with E-state index >= 15 is 0 Å². The predicted octanol–water partition coefficient (Wildman–Crippen LogP) is 4.08. The van der Waals surface area contributed by atoms with Crippen molar-refractivity contribution in [2.75, 3.05) is 6.54 Å². The van der Waals surface area contributed by atoms with E-state index in [2.05, 4.69) is 32.6 Å². The Morgan fingerprint density at radius 1 is 1.00 bits per heavy atom. The van der Waals surface area contributed by atoms with Crippen LogP contribution in [0.3, 0.4) is 0 Å². The zero-order valence-electron chi connectivity index (χ0n) is 11.6. The van der Waals surface area contributed by atoms with Crippen molar-refractivity contribution in [2.45, 2.75) is 78.8 Å². The monoisotopic (exact) mass is 211 g/mol. The molecule has 1 nitrogen and oxygen atoms in total. The molecule has 1 heterocycles. The summed E-state index contributed by atoms with van der Waals surface area (Å²) >= 11 is 0. The van der Waals surface area contributed by atoms with Crippen LogP contribution in [-0.2, 0) is 0 Å². The fourth-order valence-corrected chi connectivity index (χ4v) is 3.16. The zero-order chi connectivity index (χ0) is 11.7. The molecule has 1 heteroatoms. The van der Waals surface area contributed by atoms with E-state index < -0.39 is 0 Å². The summed E-state index contributed by atoms with van der Waals surface area (Å²) in [6, 6.07) is 0.749. The van der Waals surface area contributed by atoms with Crippen LogP contribution in [0.4, 0.5) is 0 Å². The second-order valence-electron chi connectivity index (χ2n) is 6.10. The average Bonchev–Trinajstić information content (AvgIpc) is 2.86. The first-order valence-electron chi connectivity index (χ1n) is 6.72. The molecule has 1 aliphatic carbocycles. The van der Waals surface area contributed by atoms with E-state index in [1.54, 1.807) is 0 Å². The lowest BCUT2D eigenvalue weighted by atomic mass is 9.77. The van der Waals surface area contributed by atoms with Crippen LogP contribution in [0.1, 0.15) is 67.2 Å². The van der Waals surface area contributed by atoms with Crippen LogP contribution < -0.4 is 0 Å². The number of hydrogen-bond acceptors (Lipinski definition) is 1. The normalized spacial score (nSPS) is 27.4. The van der Waals surface area contributed by atoms with Crippen LogP contribution in [0, 0.1) is 5.41 Å². The molecule has 0 N–H and O–H groups in total. The largest absolute Gasteiger partial charge is 0.295 e. The Morgan fingerprint density at radius 3 is 1.93 bits per heavy atom. The van der Waals surface area contributed by atoms with Crippen LogP contribution >= 0.6 is 0 Å². The van der Waals surface area contributed by atoms with Crippen molar-refractivity contribution < 1.29 is 0 Å². The third-order valence-electron chi connectivity index (χ3n) is 3.90. The Labute approximate surface area is 96.2 Å². The van der Waals surface area contributed by atoms with E-state index in [-0.39, 0.29) is 0 Å². The summed E-state index contributed by atoms with van der Waals surface area (Å²) < 4.78 is 0. The highest BCUT2D eigenvalue weighted by atomic mass is 15.3.